The predicted octanol–water partition coefficient (Wildman–Crippen LogP) is 4.62. The van der Waals surface area contributed by atoms with Crippen LogP contribution in [-0.2, 0) is 0 Å². The number of rotatable bonds is 1. The predicted molar refractivity (Wildman–Crippen MR) is 89.3 cm³/mol. The van der Waals surface area contributed by atoms with Crippen LogP contribution in [0.1, 0.15) is 50.5 Å². The minimum Gasteiger partial charge on any atom is -0.324 e. The van der Waals surface area contributed by atoms with Crippen LogP contribution in [0.15, 0.2) is 12.3 Å². The van der Waals surface area contributed by atoms with Crippen molar-refractivity contribution in [1.29, 1.82) is 0 Å². The van der Waals surface area contributed by atoms with Crippen molar-refractivity contribution in [2.45, 2.75) is 51.9 Å². The Morgan fingerprint density at radius 3 is 2.55 bits per heavy atom. The molecule has 0 radical (unpaired) electrons. The van der Waals surface area contributed by atoms with E-state index < -0.39 is 0 Å². The Balaban J connectivity index is 1.57. The van der Waals surface area contributed by atoms with E-state index in [0.29, 0.717) is 10.6 Å². The normalized spacial score (nSPS) is 20.9. The summed E-state index contributed by atoms with van der Waals surface area (Å²) in [7, 11) is 0. The van der Waals surface area contributed by atoms with Gasteiger partial charge in [0.1, 0.15) is 5.15 Å². The van der Waals surface area contributed by atoms with Crippen molar-refractivity contribution in [3.8, 4) is 0 Å². The van der Waals surface area contributed by atoms with Crippen LogP contribution in [0.3, 0.4) is 0 Å². The Kier molecular flexibility index (Phi) is 4.57. The number of amides is 2. The molecule has 0 aromatic carbocycles. The zero-order chi connectivity index (χ0) is 15.6. The number of carbonyl (C=O) groups is 1. The lowest BCUT2D eigenvalue weighted by Gasteiger charge is -2.44. The third-order valence-electron chi connectivity index (χ3n) is 5.34. The third kappa shape index (κ3) is 3.37. The number of pyridine rings is 1. The molecule has 120 valence electrons. The lowest BCUT2D eigenvalue weighted by molar-refractivity contribution is 0.0849. The van der Waals surface area contributed by atoms with Crippen molar-refractivity contribution >= 4 is 23.3 Å². The van der Waals surface area contributed by atoms with Crippen molar-refractivity contribution in [2.75, 3.05) is 18.4 Å². The van der Waals surface area contributed by atoms with Crippen molar-refractivity contribution in [2.24, 2.45) is 5.41 Å². The third-order valence-corrected chi connectivity index (χ3v) is 5.55. The highest BCUT2D eigenvalue weighted by Crippen LogP contribution is 2.44. The summed E-state index contributed by atoms with van der Waals surface area (Å²) in [5, 5.41) is 3.42. The van der Waals surface area contributed by atoms with Crippen LogP contribution < -0.4 is 5.32 Å². The molecule has 3 rings (SSSR count). The Labute approximate surface area is 137 Å². The SMILES string of the molecule is Cc1cc(Cl)ncc1NC(=O)N1CCC2(CCCCC2)CC1. The number of nitrogens with one attached hydrogen (secondary N) is 1. The summed E-state index contributed by atoms with van der Waals surface area (Å²) in [5.74, 6) is 0. The summed E-state index contributed by atoms with van der Waals surface area (Å²) in [6.07, 6.45) is 10.7. The Hall–Kier alpha value is -1.29. The first kappa shape index (κ1) is 15.6. The second-order valence-corrected chi connectivity index (χ2v) is 7.19. The zero-order valence-electron chi connectivity index (χ0n) is 13.2. The average Bonchev–Trinajstić information content (AvgIpc) is 2.51. The topological polar surface area (TPSA) is 45.2 Å². The van der Waals surface area contributed by atoms with E-state index in [-0.39, 0.29) is 6.03 Å². The molecule has 1 aliphatic carbocycles. The molecular weight excluding hydrogens is 298 g/mol. The van der Waals surface area contributed by atoms with Crippen molar-refractivity contribution in [1.82, 2.24) is 9.88 Å². The maximum atomic E-state index is 12.4. The fourth-order valence-corrected chi connectivity index (χ4v) is 4.05. The number of anilines is 1. The number of nitrogens with zero attached hydrogens (tertiary/aromatic N) is 2. The van der Waals surface area contributed by atoms with Gasteiger partial charge in [-0.15, -0.1) is 0 Å². The highest BCUT2D eigenvalue weighted by atomic mass is 35.5. The molecule has 2 fully saturated rings. The van der Waals surface area contributed by atoms with Gasteiger partial charge < -0.3 is 10.2 Å². The van der Waals surface area contributed by atoms with Gasteiger partial charge in [-0.2, -0.15) is 0 Å². The van der Waals surface area contributed by atoms with Gasteiger partial charge in [0.15, 0.2) is 0 Å². The zero-order valence-corrected chi connectivity index (χ0v) is 14.0. The van der Waals surface area contributed by atoms with Gasteiger partial charge in [0, 0.05) is 13.1 Å². The number of piperidine rings is 1. The summed E-state index contributed by atoms with van der Waals surface area (Å²) in [6, 6.07) is 1.75. The van der Waals surface area contributed by atoms with E-state index in [1.54, 1.807) is 12.3 Å². The number of carbonyl (C=O) groups excluding carboxylic acids is 1. The van der Waals surface area contributed by atoms with Gasteiger partial charge in [-0.25, -0.2) is 9.78 Å². The monoisotopic (exact) mass is 321 g/mol. The number of urea groups is 1. The largest absolute Gasteiger partial charge is 0.324 e. The van der Waals surface area contributed by atoms with Crippen LogP contribution in [0.25, 0.3) is 0 Å². The average molecular weight is 322 g/mol. The van der Waals surface area contributed by atoms with Crippen LogP contribution >= 0.6 is 11.6 Å². The molecule has 0 unspecified atom stereocenters. The van der Waals surface area contributed by atoms with Gasteiger partial charge in [0.25, 0.3) is 0 Å². The molecule has 22 heavy (non-hydrogen) atoms. The van der Waals surface area contributed by atoms with Gasteiger partial charge in [-0.05, 0) is 49.7 Å². The van der Waals surface area contributed by atoms with Gasteiger partial charge in [0.05, 0.1) is 11.9 Å². The Morgan fingerprint density at radius 2 is 1.91 bits per heavy atom. The van der Waals surface area contributed by atoms with E-state index in [9.17, 15) is 4.79 Å². The van der Waals surface area contributed by atoms with Gasteiger partial charge in [-0.1, -0.05) is 30.9 Å². The lowest BCUT2D eigenvalue weighted by Crippen LogP contribution is -2.45. The highest BCUT2D eigenvalue weighted by Gasteiger charge is 2.36. The minimum atomic E-state index is -0.0159. The first-order valence-electron chi connectivity index (χ1n) is 8.26. The number of hydrogen-bond acceptors (Lipinski definition) is 2. The molecule has 2 amide bonds. The molecule has 0 atom stereocenters. The fourth-order valence-electron chi connectivity index (χ4n) is 3.83. The van der Waals surface area contributed by atoms with Crippen LogP contribution in [0.5, 0.6) is 0 Å². The number of hydrogen-bond donors (Lipinski definition) is 1. The molecule has 1 aliphatic heterocycles. The number of aryl methyl sites for hydroxylation is 1. The van der Waals surface area contributed by atoms with E-state index in [4.69, 9.17) is 11.6 Å². The van der Waals surface area contributed by atoms with E-state index in [2.05, 4.69) is 10.3 Å². The molecule has 2 aliphatic rings. The quantitative estimate of drug-likeness (QED) is 0.767. The van der Waals surface area contributed by atoms with E-state index in [1.807, 2.05) is 11.8 Å². The molecule has 1 aromatic heterocycles. The molecule has 4 nitrogen and oxygen atoms in total. The smallest absolute Gasteiger partial charge is 0.321 e. The highest BCUT2D eigenvalue weighted by molar-refractivity contribution is 6.29. The van der Waals surface area contributed by atoms with Gasteiger partial charge in [0.2, 0.25) is 0 Å². The molecular formula is C17H24ClN3O. The summed E-state index contributed by atoms with van der Waals surface area (Å²) in [6.45, 7) is 3.66. The van der Waals surface area contributed by atoms with Crippen LogP contribution in [0.2, 0.25) is 5.15 Å². The van der Waals surface area contributed by atoms with E-state index in [0.717, 1.165) is 37.2 Å². The van der Waals surface area contributed by atoms with Crippen molar-refractivity contribution in [3.05, 3.63) is 23.0 Å². The number of aromatic nitrogens is 1. The molecule has 1 spiro atoms. The first-order chi connectivity index (χ1) is 10.6. The summed E-state index contributed by atoms with van der Waals surface area (Å²) < 4.78 is 0. The molecule has 2 heterocycles. The van der Waals surface area contributed by atoms with Gasteiger partial charge in [-0.3, -0.25) is 0 Å². The molecule has 1 aromatic rings. The number of likely N-dealkylation sites (tertiary alicyclic amines) is 1. The lowest BCUT2D eigenvalue weighted by atomic mass is 9.68. The number of halogens is 1. The fraction of sp³-hybridized carbons (Fsp3) is 0.647. The van der Waals surface area contributed by atoms with Crippen molar-refractivity contribution in [3.63, 3.8) is 0 Å². The Morgan fingerprint density at radius 1 is 1.23 bits per heavy atom. The standard InChI is InChI=1S/C17H24ClN3O/c1-13-11-15(18)19-12-14(13)20-16(22)21-9-7-17(8-10-21)5-3-2-4-6-17/h11-12H,2-10H2,1H3,(H,20,22). The minimum absolute atomic E-state index is 0.0159. The molecule has 0 bridgehead atoms. The van der Waals surface area contributed by atoms with Crippen LogP contribution in [0, 0.1) is 12.3 Å². The second-order valence-electron chi connectivity index (χ2n) is 6.80. The second kappa shape index (κ2) is 6.45. The molecule has 5 heteroatoms. The van der Waals surface area contributed by atoms with Crippen LogP contribution in [-0.4, -0.2) is 29.0 Å². The molecule has 1 saturated carbocycles. The summed E-state index contributed by atoms with van der Waals surface area (Å²) in [4.78, 5) is 18.4. The summed E-state index contributed by atoms with van der Waals surface area (Å²) >= 11 is 5.85. The maximum Gasteiger partial charge on any atom is 0.321 e. The summed E-state index contributed by atoms with van der Waals surface area (Å²) in [5.41, 5.74) is 2.20. The maximum absolute atomic E-state index is 12.4. The van der Waals surface area contributed by atoms with Crippen LogP contribution in [0.4, 0.5) is 10.5 Å². The first-order valence-corrected chi connectivity index (χ1v) is 8.64. The van der Waals surface area contributed by atoms with E-state index in [1.165, 1.54) is 32.1 Å². The molecule has 1 N–H and O–H groups in total. The van der Waals surface area contributed by atoms with Crippen molar-refractivity contribution < 1.29 is 4.79 Å². The van der Waals surface area contributed by atoms with Gasteiger partial charge >= 0.3 is 6.03 Å². The Bertz CT molecular complexity index is 545. The molecule has 1 saturated heterocycles. The van der Waals surface area contributed by atoms with E-state index >= 15 is 0 Å².